The molecule has 0 radical (unpaired) electrons. The van der Waals surface area contributed by atoms with Crippen molar-refractivity contribution in [1.29, 1.82) is 0 Å². The number of sulfonamides is 1. The van der Waals surface area contributed by atoms with Gasteiger partial charge in [0.1, 0.15) is 5.75 Å². The second kappa shape index (κ2) is 11.1. The molecule has 1 aromatic carbocycles. The highest BCUT2D eigenvalue weighted by molar-refractivity contribution is 7.89. The number of aliphatic imine (C=N–C) groups is 1. The van der Waals surface area contributed by atoms with E-state index in [9.17, 15) is 8.42 Å². The third kappa shape index (κ3) is 6.87. The van der Waals surface area contributed by atoms with E-state index >= 15 is 0 Å². The molecule has 1 aliphatic heterocycles. The van der Waals surface area contributed by atoms with Crippen molar-refractivity contribution in [3.63, 3.8) is 0 Å². The zero-order valence-corrected chi connectivity index (χ0v) is 17.9. The Balaban J connectivity index is 1.85. The number of rotatable bonds is 10. The van der Waals surface area contributed by atoms with Crippen molar-refractivity contribution < 1.29 is 13.2 Å². The molecular formula is C19H33N5O3S. The lowest BCUT2D eigenvalue weighted by molar-refractivity contribution is 0.415. The zero-order chi connectivity index (χ0) is 20.4. The minimum Gasteiger partial charge on any atom is -0.495 e. The molecule has 1 atom stereocenters. The molecule has 0 aromatic heterocycles. The van der Waals surface area contributed by atoms with Gasteiger partial charge in [0.25, 0.3) is 0 Å². The molecule has 1 fully saturated rings. The van der Waals surface area contributed by atoms with Crippen LogP contribution in [-0.4, -0.2) is 66.0 Å². The molecule has 1 unspecified atom stereocenters. The third-order valence-electron chi connectivity index (χ3n) is 4.61. The van der Waals surface area contributed by atoms with E-state index in [1.54, 1.807) is 14.0 Å². The van der Waals surface area contributed by atoms with Gasteiger partial charge in [-0.15, -0.1) is 0 Å². The van der Waals surface area contributed by atoms with Crippen molar-refractivity contribution >= 4 is 21.7 Å². The smallest absolute Gasteiger partial charge is 0.211 e. The van der Waals surface area contributed by atoms with Gasteiger partial charge in [0, 0.05) is 38.8 Å². The lowest BCUT2D eigenvalue weighted by Crippen LogP contribution is -2.44. The SMILES string of the molecule is CCNC(=NCCCNS(=O)(=O)CC)NC1CCN(c2ccccc2OC)C1. The summed E-state index contributed by atoms with van der Waals surface area (Å²) in [6.45, 7) is 7.23. The maximum atomic E-state index is 11.4. The Bertz CT molecular complexity index is 739. The number of anilines is 1. The number of para-hydroxylation sites is 2. The predicted octanol–water partition coefficient (Wildman–Crippen LogP) is 1.16. The molecule has 0 spiro atoms. The second-order valence-electron chi connectivity index (χ2n) is 6.66. The first-order chi connectivity index (χ1) is 13.5. The average molecular weight is 412 g/mol. The van der Waals surface area contributed by atoms with Gasteiger partial charge in [0.2, 0.25) is 10.0 Å². The number of nitrogens with zero attached hydrogens (tertiary/aromatic N) is 2. The summed E-state index contributed by atoms with van der Waals surface area (Å²) < 4.78 is 30.9. The Morgan fingerprint density at radius 3 is 2.82 bits per heavy atom. The van der Waals surface area contributed by atoms with Crippen LogP contribution < -0.4 is 25.0 Å². The Labute approximate surface area is 168 Å². The van der Waals surface area contributed by atoms with E-state index in [-0.39, 0.29) is 5.75 Å². The van der Waals surface area contributed by atoms with Gasteiger partial charge >= 0.3 is 0 Å². The number of nitrogens with one attached hydrogen (secondary N) is 3. The summed E-state index contributed by atoms with van der Waals surface area (Å²) in [5.41, 5.74) is 1.11. The third-order valence-corrected chi connectivity index (χ3v) is 6.01. The maximum absolute atomic E-state index is 11.4. The summed E-state index contributed by atoms with van der Waals surface area (Å²) in [6.07, 6.45) is 1.67. The summed E-state index contributed by atoms with van der Waals surface area (Å²) in [7, 11) is -1.44. The normalized spacial score (nSPS) is 17.6. The Hall–Kier alpha value is -2.00. The molecule has 0 aliphatic carbocycles. The van der Waals surface area contributed by atoms with Crippen LogP contribution in [0.15, 0.2) is 29.3 Å². The topological polar surface area (TPSA) is 95.1 Å². The summed E-state index contributed by atoms with van der Waals surface area (Å²) in [4.78, 5) is 6.89. The minimum atomic E-state index is -3.13. The summed E-state index contributed by atoms with van der Waals surface area (Å²) in [6, 6.07) is 8.36. The van der Waals surface area contributed by atoms with Crippen LogP contribution in [0.1, 0.15) is 26.7 Å². The average Bonchev–Trinajstić information content (AvgIpc) is 3.16. The van der Waals surface area contributed by atoms with E-state index < -0.39 is 10.0 Å². The number of benzene rings is 1. The molecule has 1 aliphatic rings. The van der Waals surface area contributed by atoms with Gasteiger partial charge < -0.3 is 20.3 Å². The van der Waals surface area contributed by atoms with Crippen LogP contribution in [0, 0.1) is 0 Å². The van der Waals surface area contributed by atoms with Gasteiger partial charge in [-0.1, -0.05) is 12.1 Å². The van der Waals surface area contributed by atoms with Crippen LogP contribution in [0.3, 0.4) is 0 Å². The van der Waals surface area contributed by atoms with Crippen molar-refractivity contribution in [2.75, 3.05) is 50.5 Å². The maximum Gasteiger partial charge on any atom is 0.211 e. The monoisotopic (exact) mass is 411 g/mol. The fourth-order valence-corrected chi connectivity index (χ4v) is 3.76. The first kappa shape index (κ1) is 22.3. The van der Waals surface area contributed by atoms with Crippen LogP contribution in [-0.2, 0) is 10.0 Å². The molecule has 0 saturated carbocycles. The predicted molar refractivity (Wildman–Crippen MR) is 115 cm³/mol. The Morgan fingerprint density at radius 1 is 1.32 bits per heavy atom. The molecule has 0 bridgehead atoms. The summed E-state index contributed by atoms with van der Waals surface area (Å²) in [5, 5.41) is 6.75. The molecular weight excluding hydrogens is 378 g/mol. The summed E-state index contributed by atoms with van der Waals surface area (Å²) in [5.74, 6) is 1.76. The van der Waals surface area contributed by atoms with E-state index in [0.717, 1.165) is 43.5 Å². The van der Waals surface area contributed by atoms with Gasteiger partial charge in [-0.3, -0.25) is 4.99 Å². The molecule has 1 aromatic rings. The fourth-order valence-electron chi connectivity index (χ4n) is 3.10. The van der Waals surface area contributed by atoms with E-state index in [2.05, 4.69) is 31.3 Å². The van der Waals surface area contributed by atoms with Gasteiger partial charge in [0.05, 0.1) is 18.6 Å². The van der Waals surface area contributed by atoms with Crippen LogP contribution in [0.2, 0.25) is 0 Å². The number of methoxy groups -OCH3 is 1. The van der Waals surface area contributed by atoms with Crippen LogP contribution >= 0.6 is 0 Å². The molecule has 158 valence electrons. The molecule has 1 saturated heterocycles. The van der Waals surface area contributed by atoms with Gasteiger partial charge in [0.15, 0.2) is 5.96 Å². The molecule has 3 N–H and O–H groups in total. The van der Waals surface area contributed by atoms with Crippen molar-refractivity contribution in [2.45, 2.75) is 32.7 Å². The van der Waals surface area contributed by atoms with Crippen LogP contribution in [0.4, 0.5) is 5.69 Å². The molecule has 8 nitrogen and oxygen atoms in total. The lowest BCUT2D eigenvalue weighted by Gasteiger charge is -2.22. The zero-order valence-electron chi connectivity index (χ0n) is 17.1. The number of hydrogen-bond donors (Lipinski definition) is 3. The lowest BCUT2D eigenvalue weighted by atomic mass is 10.2. The molecule has 9 heteroatoms. The molecule has 28 heavy (non-hydrogen) atoms. The summed E-state index contributed by atoms with van der Waals surface area (Å²) >= 11 is 0. The van der Waals surface area contributed by atoms with E-state index in [1.165, 1.54) is 0 Å². The Kier molecular flexibility index (Phi) is 8.85. The number of ether oxygens (including phenoxy) is 1. The van der Waals surface area contributed by atoms with Gasteiger partial charge in [-0.25, -0.2) is 13.1 Å². The standard InChI is InChI=1S/C19H33N5O3S/c1-4-20-19(21-12-8-13-22-28(25,26)5-2)23-16-11-14-24(15-16)17-9-6-7-10-18(17)27-3/h6-7,9-10,16,22H,4-5,8,11-15H2,1-3H3,(H2,20,21,23). The van der Waals surface area contributed by atoms with Crippen molar-refractivity contribution in [3.8, 4) is 5.75 Å². The quantitative estimate of drug-likeness (QED) is 0.304. The van der Waals surface area contributed by atoms with E-state index in [1.807, 2.05) is 25.1 Å². The fraction of sp³-hybridized carbons (Fsp3) is 0.632. The van der Waals surface area contributed by atoms with Crippen LogP contribution in [0.5, 0.6) is 5.75 Å². The molecule has 0 amide bonds. The highest BCUT2D eigenvalue weighted by Crippen LogP contribution is 2.30. The van der Waals surface area contributed by atoms with Crippen molar-refractivity contribution in [1.82, 2.24) is 15.4 Å². The highest BCUT2D eigenvalue weighted by atomic mass is 32.2. The highest BCUT2D eigenvalue weighted by Gasteiger charge is 2.25. The van der Waals surface area contributed by atoms with Crippen molar-refractivity contribution in [2.24, 2.45) is 4.99 Å². The van der Waals surface area contributed by atoms with Gasteiger partial charge in [-0.2, -0.15) is 0 Å². The molecule has 2 rings (SSSR count). The minimum absolute atomic E-state index is 0.102. The van der Waals surface area contributed by atoms with Gasteiger partial charge in [-0.05, 0) is 38.8 Å². The molecule has 1 heterocycles. The van der Waals surface area contributed by atoms with E-state index in [4.69, 9.17) is 4.74 Å². The van der Waals surface area contributed by atoms with Crippen LogP contribution in [0.25, 0.3) is 0 Å². The number of hydrogen-bond acceptors (Lipinski definition) is 5. The second-order valence-corrected chi connectivity index (χ2v) is 8.76. The van der Waals surface area contributed by atoms with Crippen molar-refractivity contribution in [3.05, 3.63) is 24.3 Å². The largest absolute Gasteiger partial charge is 0.495 e. The Morgan fingerprint density at radius 2 is 2.11 bits per heavy atom. The number of guanidine groups is 1. The first-order valence-corrected chi connectivity index (χ1v) is 11.5. The first-order valence-electron chi connectivity index (χ1n) is 9.89. The van der Waals surface area contributed by atoms with E-state index in [0.29, 0.717) is 25.6 Å².